The van der Waals surface area contributed by atoms with E-state index < -0.39 is 11.7 Å². The van der Waals surface area contributed by atoms with Crippen LogP contribution < -0.4 is 16.9 Å². The molecule has 0 atom stereocenters. The van der Waals surface area contributed by atoms with Gasteiger partial charge in [-0.2, -0.15) is 0 Å². The molecule has 0 heterocycles. The first-order chi connectivity index (χ1) is 5.52. The van der Waals surface area contributed by atoms with Gasteiger partial charge in [0.2, 0.25) is 0 Å². The van der Waals surface area contributed by atoms with E-state index in [0.29, 0.717) is 5.46 Å². The van der Waals surface area contributed by atoms with Crippen molar-refractivity contribution in [3.05, 3.63) is 23.5 Å². The molecular formula is C7H8BFN2O. The van der Waals surface area contributed by atoms with E-state index in [2.05, 4.69) is 0 Å². The molecule has 0 radical (unpaired) electrons. The molecule has 1 aromatic rings. The van der Waals surface area contributed by atoms with Crippen LogP contribution in [0.15, 0.2) is 12.1 Å². The third-order valence-corrected chi connectivity index (χ3v) is 1.60. The summed E-state index contributed by atoms with van der Waals surface area (Å²) in [4.78, 5) is 10.7. The predicted octanol–water partition coefficient (Wildman–Crippen LogP) is -1.23. The summed E-state index contributed by atoms with van der Waals surface area (Å²) in [5.41, 5.74) is 10.9. The van der Waals surface area contributed by atoms with Gasteiger partial charge < -0.3 is 11.5 Å². The zero-order chi connectivity index (χ0) is 9.30. The molecule has 1 aromatic carbocycles. The van der Waals surface area contributed by atoms with Crippen molar-refractivity contribution >= 4 is 24.9 Å². The number of nitrogens with two attached hydrogens (primary N) is 2. The zero-order valence-corrected chi connectivity index (χ0v) is 6.60. The number of anilines is 1. The van der Waals surface area contributed by atoms with Gasteiger partial charge in [0.25, 0.3) is 5.91 Å². The second-order valence-electron chi connectivity index (χ2n) is 2.55. The van der Waals surface area contributed by atoms with Crippen LogP contribution in [0.4, 0.5) is 10.1 Å². The molecule has 0 saturated carbocycles. The van der Waals surface area contributed by atoms with Crippen molar-refractivity contribution in [1.82, 2.24) is 0 Å². The summed E-state index contributed by atoms with van der Waals surface area (Å²) in [6, 6.07) is 2.43. The van der Waals surface area contributed by atoms with E-state index >= 15 is 0 Å². The summed E-state index contributed by atoms with van der Waals surface area (Å²) in [7, 11) is 1.54. The predicted molar refractivity (Wildman–Crippen MR) is 47.5 cm³/mol. The Balaban J connectivity index is 3.33. The number of carbonyl (C=O) groups is 1. The molecule has 5 heteroatoms. The third kappa shape index (κ3) is 1.39. The summed E-state index contributed by atoms with van der Waals surface area (Å²) >= 11 is 0. The average Bonchev–Trinajstić information content (AvgIpc) is 1.96. The molecule has 0 unspecified atom stereocenters. The van der Waals surface area contributed by atoms with Crippen LogP contribution in [0.25, 0.3) is 0 Å². The van der Waals surface area contributed by atoms with Crippen LogP contribution in [0.1, 0.15) is 10.4 Å². The molecule has 0 spiro atoms. The number of amides is 1. The fourth-order valence-electron chi connectivity index (χ4n) is 0.910. The minimum atomic E-state index is -0.643. The first-order valence-electron chi connectivity index (χ1n) is 3.38. The van der Waals surface area contributed by atoms with E-state index in [9.17, 15) is 9.18 Å². The Morgan fingerprint density at radius 1 is 1.50 bits per heavy atom. The normalized spacial score (nSPS) is 9.75. The molecule has 1 rings (SSSR count). The minimum Gasteiger partial charge on any atom is -0.398 e. The van der Waals surface area contributed by atoms with Gasteiger partial charge in [0.1, 0.15) is 13.7 Å². The van der Waals surface area contributed by atoms with Crippen molar-refractivity contribution in [1.29, 1.82) is 0 Å². The highest BCUT2D eigenvalue weighted by molar-refractivity contribution is 6.33. The van der Waals surface area contributed by atoms with Gasteiger partial charge in [0.15, 0.2) is 0 Å². The quantitative estimate of drug-likeness (QED) is 0.404. The zero-order valence-electron chi connectivity index (χ0n) is 6.60. The first kappa shape index (κ1) is 8.58. The lowest BCUT2D eigenvalue weighted by atomic mass is 9.92. The number of benzene rings is 1. The lowest BCUT2D eigenvalue weighted by Gasteiger charge is -2.03. The lowest BCUT2D eigenvalue weighted by molar-refractivity contribution is 0.100. The highest BCUT2D eigenvalue weighted by Gasteiger charge is 2.08. The SMILES string of the molecule is Bc1cc(C(N)=O)c(N)cc1F. The number of hydrogen-bond acceptors (Lipinski definition) is 2. The summed E-state index contributed by atoms with van der Waals surface area (Å²) in [5.74, 6) is -1.08. The number of rotatable bonds is 1. The van der Waals surface area contributed by atoms with Gasteiger partial charge in [-0.3, -0.25) is 4.79 Å². The Labute approximate surface area is 70.0 Å². The van der Waals surface area contributed by atoms with Crippen molar-refractivity contribution in [2.45, 2.75) is 0 Å². The number of hydrogen-bond donors (Lipinski definition) is 2. The van der Waals surface area contributed by atoms with Gasteiger partial charge in [0.05, 0.1) is 5.56 Å². The molecule has 0 aliphatic rings. The molecule has 0 aliphatic heterocycles. The topological polar surface area (TPSA) is 69.1 Å². The molecule has 3 nitrogen and oxygen atoms in total. The summed E-state index contributed by atoms with van der Waals surface area (Å²) < 4.78 is 12.8. The maximum Gasteiger partial charge on any atom is 0.250 e. The Hall–Kier alpha value is -1.52. The average molecular weight is 166 g/mol. The van der Waals surface area contributed by atoms with E-state index in [4.69, 9.17) is 11.5 Å². The molecular weight excluding hydrogens is 158 g/mol. The third-order valence-electron chi connectivity index (χ3n) is 1.60. The molecule has 0 bridgehead atoms. The second kappa shape index (κ2) is 2.85. The van der Waals surface area contributed by atoms with Gasteiger partial charge in [0, 0.05) is 5.69 Å². The van der Waals surface area contributed by atoms with Crippen LogP contribution >= 0.6 is 0 Å². The fraction of sp³-hybridized carbons (Fsp3) is 0. The highest BCUT2D eigenvalue weighted by Crippen LogP contribution is 2.10. The molecule has 0 aromatic heterocycles. The van der Waals surface area contributed by atoms with E-state index in [0.717, 1.165) is 6.07 Å². The number of carbonyl (C=O) groups excluding carboxylic acids is 1. The van der Waals surface area contributed by atoms with E-state index in [1.807, 2.05) is 0 Å². The van der Waals surface area contributed by atoms with Crippen LogP contribution in [0, 0.1) is 5.82 Å². The van der Waals surface area contributed by atoms with Crippen molar-refractivity contribution in [3.63, 3.8) is 0 Å². The van der Waals surface area contributed by atoms with Gasteiger partial charge >= 0.3 is 0 Å². The standard InChI is InChI=1S/C7H8BFN2O/c8-4-1-3(7(11)12)6(10)2-5(4)9/h1-2H,8,10H2,(H2,11,12). The van der Waals surface area contributed by atoms with Crippen LogP contribution in [0.2, 0.25) is 0 Å². The Morgan fingerprint density at radius 2 is 2.08 bits per heavy atom. The maximum absolute atomic E-state index is 12.8. The van der Waals surface area contributed by atoms with Crippen molar-refractivity contribution in [2.24, 2.45) is 5.73 Å². The first-order valence-corrected chi connectivity index (χ1v) is 3.38. The van der Waals surface area contributed by atoms with Crippen LogP contribution in [0.3, 0.4) is 0 Å². The molecule has 0 fully saturated rings. The van der Waals surface area contributed by atoms with Crippen molar-refractivity contribution in [3.8, 4) is 0 Å². The highest BCUT2D eigenvalue weighted by atomic mass is 19.1. The van der Waals surface area contributed by atoms with Crippen LogP contribution in [-0.2, 0) is 0 Å². The smallest absolute Gasteiger partial charge is 0.250 e. The fourth-order valence-corrected chi connectivity index (χ4v) is 0.910. The van der Waals surface area contributed by atoms with Gasteiger partial charge in [-0.05, 0) is 6.07 Å². The molecule has 0 saturated heterocycles. The molecule has 12 heavy (non-hydrogen) atoms. The number of halogens is 1. The Morgan fingerprint density at radius 3 is 2.58 bits per heavy atom. The minimum absolute atomic E-state index is 0.0746. The van der Waals surface area contributed by atoms with Gasteiger partial charge in [-0.1, -0.05) is 11.5 Å². The molecule has 1 amide bonds. The largest absolute Gasteiger partial charge is 0.398 e. The van der Waals surface area contributed by atoms with Crippen LogP contribution in [-0.4, -0.2) is 13.8 Å². The van der Waals surface area contributed by atoms with E-state index in [-0.39, 0.29) is 11.3 Å². The monoisotopic (exact) mass is 166 g/mol. The molecule has 4 N–H and O–H groups in total. The maximum atomic E-state index is 12.8. The second-order valence-corrected chi connectivity index (χ2v) is 2.55. The molecule has 62 valence electrons. The summed E-state index contributed by atoms with van der Waals surface area (Å²) in [6.45, 7) is 0. The summed E-state index contributed by atoms with van der Waals surface area (Å²) in [5, 5.41) is 0. The Kier molecular flexibility index (Phi) is 2.04. The summed E-state index contributed by atoms with van der Waals surface area (Å²) in [6.07, 6.45) is 0. The van der Waals surface area contributed by atoms with Gasteiger partial charge in [-0.15, -0.1) is 0 Å². The van der Waals surface area contributed by atoms with Crippen LogP contribution in [0.5, 0.6) is 0 Å². The number of nitrogen functional groups attached to an aromatic ring is 1. The molecule has 0 aliphatic carbocycles. The van der Waals surface area contributed by atoms with E-state index in [1.165, 1.54) is 6.07 Å². The van der Waals surface area contributed by atoms with Gasteiger partial charge in [-0.25, -0.2) is 4.39 Å². The lowest BCUT2D eigenvalue weighted by Crippen LogP contribution is -2.19. The Bertz CT molecular complexity index is 340. The van der Waals surface area contributed by atoms with Crippen molar-refractivity contribution < 1.29 is 9.18 Å². The number of primary amides is 1. The van der Waals surface area contributed by atoms with Crippen molar-refractivity contribution in [2.75, 3.05) is 5.73 Å². The van der Waals surface area contributed by atoms with E-state index in [1.54, 1.807) is 7.85 Å².